The second-order valence-corrected chi connectivity index (χ2v) is 4.80. The van der Waals surface area contributed by atoms with Crippen LogP contribution in [0.4, 0.5) is 4.39 Å². The van der Waals surface area contributed by atoms with Crippen LogP contribution in [0.2, 0.25) is 5.02 Å². The molecule has 0 aliphatic carbocycles. The lowest BCUT2D eigenvalue weighted by atomic mass is 10.2. The molecule has 4 heteroatoms. The van der Waals surface area contributed by atoms with E-state index in [2.05, 4.69) is 4.98 Å². The minimum Gasteiger partial charge on any atom is -0.487 e. The van der Waals surface area contributed by atoms with E-state index in [1.807, 2.05) is 30.3 Å². The normalized spacial score (nSPS) is 10.7. The zero-order valence-corrected chi connectivity index (χ0v) is 11.3. The Hall–Kier alpha value is -2.13. The Labute approximate surface area is 120 Å². The number of pyridine rings is 1. The number of nitrogens with zero attached hydrogens (tertiary/aromatic N) is 1. The summed E-state index contributed by atoms with van der Waals surface area (Å²) in [7, 11) is 0. The van der Waals surface area contributed by atoms with E-state index in [-0.39, 0.29) is 12.4 Å². The lowest BCUT2D eigenvalue weighted by Crippen LogP contribution is -1.97. The Morgan fingerprint density at radius 3 is 2.80 bits per heavy atom. The molecule has 0 bridgehead atoms. The average Bonchev–Trinajstić information content (AvgIpc) is 2.46. The molecular formula is C16H11ClFNO. The number of hydrogen-bond acceptors (Lipinski definition) is 2. The van der Waals surface area contributed by atoms with Crippen LogP contribution in [0.5, 0.6) is 5.75 Å². The molecule has 0 atom stereocenters. The van der Waals surface area contributed by atoms with E-state index in [1.165, 1.54) is 12.1 Å². The fourth-order valence-corrected chi connectivity index (χ4v) is 2.15. The summed E-state index contributed by atoms with van der Waals surface area (Å²) in [6.07, 6.45) is 1.67. The van der Waals surface area contributed by atoms with Crippen LogP contribution in [0, 0.1) is 5.82 Å². The Morgan fingerprint density at radius 2 is 1.95 bits per heavy atom. The van der Waals surface area contributed by atoms with Crippen molar-refractivity contribution < 1.29 is 9.13 Å². The lowest BCUT2D eigenvalue weighted by molar-refractivity contribution is 0.305. The van der Waals surface area contributed by atoms with Crippen LogP contribution in [-0.2, 0) is 6.61 Å². The van der Waals surface area contributed by atoms with Gasteiger partial charge in [-0.2, -0.15) is 0 Å². The largest absolute Gasteiger partial charge is 0.487 e. The third kappa shape index (κ3) is 2.73. The van der Waals surface area contributed by atoms with Gasteiger partial charge in [-0.15, -0.1) is 0 Å². The van der Waals surface area contributed by atoms with Gasteiger partial charge in [-0.1, -0.05) is 35.9 Å². The fourth-order valence-electron chi connectivity index (χ4n) is 1.93. The SMILES string of the molecule is Fc1ccc(COc2cnc3ccccc3c2)c(Cl)c1. The smallest absolute Gasteiger partial charge is 0.138 e. The van der Waals surface area contributed by atoms with Crippen LogP contribution in [-0.4, -0.2) is 4.98 Å². The molecule has 2 aromatic carbocycles. The van der Waals surface area contributed by atoms with Gasteiger partial charge in [0.15, 0.2) is 0 Å². The van der Waals surface area contributed by atoms with Gasteiger partial charge < -0.3 is 4.74 Å². The molecule has 100 valence electrons. The van der Waals surface area contributed by atoms with Crippen LogP contribution in [0.1, 0.15) is 5.56 Å². The van der Waals surface area contributed by atoms with Gasteiger partial charge in [0.05, 0.1) is 16.7 Å². The Kier molecular flexibility index (Phi) is 3.52. The van der Waals surface area contributed by atoms with Gasteiger partial charge in [0.1, 0.15) is 18.2 Å². The molecule has 1 aromatic heterocycles. The van der Waals surface area contributed by atoms with Crippen molar-refractivity contribution in [3.05, 3.63) is 71.1 Å². The van der Waals surface area contributed by atoms with Crippen LogP contribution in [0.3, 0.4) is 0 Å². The van der Waals surface area contributed by atoms with Crippen LogP contribution >= 0.6 is 11.6 Å². The molecule has 0 aliphatic heterocycles. The molecule has 3 rings (SSSR count). The second kappa shape index (κ2) is 5.47. The summed E-state index contributed by atoms with van der Waals surface area (Å²) in [5, 5.41) is 1.37. The highest BCUT2D eigenvalue weighted by molar-refractivity contribution is 6.31. The third-order valence-electron chi connectivity index (χ3n) is 2.97. The summed E-state index contributed by atoms with van der Waals surface area (Å²) in [5.41, 5.74) is 1.65. The summed E-state index contributed by atoms with van der Waals surface area (Å²) < 4.78 is 18.6. The molecule has 0 radical (unpaired) electrons. The highest BCUT2D eigenvalue weighted by Crippen LogP contribution is 2.22. The number of benzene rings is 2. The summed E-state index contributed by atoms with van der Waals surface area (Å²) in [6.45, 7) is 0.277. The molecule has 1 heterocycles. The Morgan fingerprint density at radius 1 is 1.10 bits per heavy atom. The van der Waals surface area contributed by atoms with Crippen molar-refractivity contribution in [1.29, 1.82) is 0 Å². The first-order valence-electron chi connectivity index (χ1n) is 6.14. The monoisotopic (exact) mass is 287 g/mol. The first kappa shape index (κ1) is 12.9. The quantitative estimate of drug-likeness (QED) is 0.702. The summed E-state index contributed by atoms with van der Waals surface area (Å²) in [4.78, 5) is 4.31. The van der Waals surface area contributed by atoms with Crippen molar-refractivity contribution in [1.82, 2.24) is 4.98 Å². The van der Waals surface area contributed by atoms with Gasteiger partial charge in [-0.25, -0.2) is 4.39 Å². The van der Waals surface area contributed by atoms with Crippen LogP contribution < -0.4 is 4.74 Å². The topological polar surface area (TPSA) is 22.1 Å². The fraction of sp³-hybridized carbons (Fsp3) is 0.0625. The zero-order valence-electron chi connectivity index (χ0n) is 10.5. The van der Waals surface area contributed by atoms with Crippen molar-refractivity contribution in [3.63, 3.8) is 0 Å². The maximum atomic E-state index is 12.9. The minimum atomic E-state index is -0.355. The first-order valence-corrected chi connectivity index (χ1v) is 6.52. The van der Waals surface area contributed by atoms with E-state index in [1.54, 1.807) is 12.3 Å². The molecule has 2 nitrogen and oxygen atoms in total. The second-order valence-electron chi connectivity index (χ2n) is 4.39. The number of hydrogen-bond donors (Lipinski definition) is 0. The van der Waals surface area contributed by atoms with E-state index in [4.69, 9.17) is 16.3 Å². The maximum absolute atomic E-state index is 12.9. The van der Waals surface area contributed by atoms with Crippen LogP contribution in [0.25, 0.3) is 10.9 Å². The van der Waals surface area contributed by atoms with E-state index in [0.29, 0.717) is 10.8 Å². The standard InChI is InChI=1S/C16H11ClFNO/c17-15-8-13(18)6-5-12(15)10-20-14-7-11-3-1-2-4-16(11)19-9-14/h1-9H,10H2. The molecule has 3 aromatic rings. The summed E-state index contributed by atoms with van der Waals surface area (Å²) >= 11 is 5.96. The molecule has 0 fully saturated rings. The molecule has 20 heavy (non-hydrogen) atoms. The van der Waals surface area contributed by atoms with E-state index >= 15 is 0 Å². The maximum Gasteiger partial charge on any atom is 0.138 e. The molecular weight excluding hydrogens is 277 g/mol. The van der Waals surface area contributed by atoms with Gasteiger partial charge in [-0.3, -0.25) is 4.98 Å². The molecule has 0 spiro atoms. The van der Waals surface area contributed by atoms with Gasteiger partial charge in [0.25, 0.3) is 0 Å². The summed E-state index contributed by atoms with van der Waals surface area (Å²) in [5.74, 6) is 0.301. The zero-order chi connectivity index (χ0) is 13.9. The highest BCUT2D eigenvalue weighted by atomic mass is 35.5. The molecule has 0 amide bonds. The molecule has 0 saturated carbocycles. The predicted molar refractivity (Wildman–Crippen MR) is 77.5 cm³/mol. The van der Waals surface area contributed by atoms with Gasteiger partial charge in [0, 0.05) is 10.9 Å². The Bertz CT molecular complexity index is 760. The van der Waals surface area contributed by atoms with Gasteiger partial charge >= 0.3 is 0 Å². The number of ether oxygens (including phenoxy) is 1. The highest BCUT2D eigenvalue weighted by Gasteiger charge is 2.04. The lowest BCUT2D eigenvalue weighted by Gasteiger charge is -2.08. The first-order chi connectivity index (χ1) is 9.72. The van der Waals surface area contributed by atoms with Gasteiger partial charge in [0.2, 0.25) is 0 Å². The number of para-hydroxylation sites is 1. The number of halogens is 2. The molecule has 0 aliphatic rings. The number of aromatic nitrogens is 1. The van der Waals surface area contributed by atoms with Crippen molar-refractivity contribution in [2.75, 3.05) is 0 Å². The Balaban J connectivity index is 1.79. The van der Waals surface area contributed by atoms with E-state index in [9.17, 15) is 4.39 Å². The third-order valence-corrected chi connectivity index (χ3v) is 3.33. The van der Waals surface area contributed by atoms with E-state index in [0.717, 1.165) is 16.5 Å². The van der Waals surface area contributed by atoms with Crippen molar-refractivity contribution in [2.24, 2.45) is 0 Å². The molecule has 0 saturated heterocycles. The molecule has 0 unspecified atom stereocenters. The van der Waals surface area contributed by atoms with Crippen LogP contribution in [0.15, 0.2) is 54.7 Å². The van der Waals surface area contributed by atoms with Crippen molar-refractivity contribution in [2.45, 2.75) is 6.61 Å². The number of rotatable bonds is 3. The van der Waals surface area contributed by atoms with Crippen molar-refractivity contribution in [3.8, 4) is 5.75 Å². The van der Waals surface area contributed by atoms with Crippen molar-refractivity contribution >= 4 is 22.5 Å². The number of fused-ring (bicyclic) bond motifs is 1. The predicted octanol–water partition coefficient (Wildman–Crippen LogP) is 4.61. The molecule has 0 N–H and O–H groups in total. The average molecular weight is 288 g/mol. The van der Waals surface area contributed by atoms with E-state index < -0.39 is 0 Å². The van der Waals surface area contributed by atoms with Gasteiger partial charge in [-0.05, 0) is 24.3 Å². The minimum absolute atomic E-state index is 0.277. The summed E-state index contributed by atoms with van der Waals surface area (Å²) in [6, 6.07) is 14.0.